The van der Waals surface area contributed by atoms with Gasteiger partial charge >= 0.3 is 0 Å². The first-order valence-corrected chi connectivity index (χ1v) is 5.25. The molecule has 1 rings (SSSR count). The summed E-state index contributed by atoms with van der Waals surface area (Å²) in [7, 11) is 1.35. The lowest BCUT2D eigenvalue weighted by molar-refractivity contribution is -0.133. The molecule has 0 spiro atoms. The Morgan fingerprint density at radius 1 is 1.24 bits per heavy atom. The van der Waals surface area contributed by atoms with Crippen molar-refractivity contribution in [3.8, 4) is 5.75 Å². The van der Waals surface area contributed by atoms with Gasteiger partial charge in [0.15, 0.2) is 12.4 Å². The van der Waals surface area contributed by atoms with Crippen LogP contribution in [0.4, 0.5) is 0 Å². The van der Waals surface area contributed by atoms with Crippen LogP contribution < -0.4 is 10.2 Å². The van der Waals surface area contributed by atoms with Crippen molar-refractivity contribution in [3.05, 3.63) is 29.8 Å². The van der Waals surface area contributed by atoms with E-state index in [2.05, 4.69) is 10.3 Å². The topological polar surface area (TPSA) is 64.6 Å². The molecule has 0 aliphatic heterocycles. The van der Waals surface area contributed by atoms with Gasteiger partial charge in [-0.15, -0.1) is 0 Å². The number of carbonyl (C=O) groups is 2. The van der Waals surface area contributed by atoms with Gasteiger partial charge in [0.25, 0.3) is 5.91 Å². The van der Waals surface area contributed by atoms with Crippen molar-refractivity contribution in [1.82, 2.24) is 5.48 Å². The quantitative estimate of drug-likeness (QED) is 0.599. The van der Waals surface area contributed by atoms with Crippen LogP contribution in [0.25, 0.3) is 0 Å². The number of ether oxygens (including phenoxy) is 1. The molecule has 1 aromatic carbocycles. The largest absolute Gasteiger partial charge is 0.484 e. The van der Waals surface area contributed by atoms with E-state index in [0.29, 0.717) is 17.7 Å². The number of hydrogen-bond donors (Lipinski definition) is 1. The normalized spacial score (nSPS) is 9.76. The number of Topliss-reactive ketones (excluding diaryl/α,β-unsaturated/α-hetero) is 1. The molecular formula is C12H15NO4. The molecule has 1 aromatic rings. The summed E-state index contributed by atoms with van der Waals surface area (Å²) in [5.41, 5.74) is 2.78. The van der Waals surface area contributed by atoms with Gasteiger partial charge in [-0.05, 0) is 24.3 Å². The van der Waals surface area contributed by atoms with Crippen molar-refractivity contribution in [2.24, 2.45) is 0 Å². The summed E-state index contributed by atoms with van der Waals surface area (Å²) < 4.78 is 5.19. The highest BCUT2D eigenvalue weighted by molar-refractivity contribution is 5.95. The summed E-state index contributed by atoms with van der Waals surface area (Å²) >= 11 is 0. The van der Waals surface area contributed by atoms with E-state index in [9.17, 15) is 9.59 Å². The lowest BCUT2D eigenvalue weighted by Gasteiger charge is -2.06. The van der Waals surface area contributed by atoms with E-state index in [1.54, 1.807) is 24.3 Å². The summed E-state index contributed by atoms with van der Waals surface area (Å²) in [5, 5.41) is 0. The molecule has 0 saturated heterocycles. The number of benzene rings is 1. The molecule has 0 radical (unpaired) electrons. The van der Waals surface area contributed by atoms with E-state index >= 15 is 0 Å². The zero-order valence-electron chi connectivity index (χ0n) is 9.86. The van der Waals surface area contributed by atoms with Crippen LogP contribution in [0.5, 0.6) is 5.75 Å². The Morgan fingerprint density at radius 3 is 2.41 bits per heavy atom. The summed E-state index contributed by atoms with van der Waals surface area (Å²) in [6.07, 6.45) is 0.469. The second-order valence-corrected chi connectivity index (χ2v) is 3.32. The highest BCUT2D eigenvalue weighted by Crippen LogP contribution is 2.13. The van der Waals surface area contributed by atoms with Crippen LogP contribution in [-0.2, 0) is 9.63 Å². The number of nitrogens with one attached hydrogen (secondary N) is 1. The molecule has 17 heavy (non-hydrogen) atoms. The number of amides is 1. The van der Waals surface area contributed by atoms with Gasteiger partial charge in [0.2, 0.25) is 0 Å². The van der Waals surface area contributed by atoms with Gasteiger partial charge in [0.05, 0.1) is 7.11 Å². The van der Waals surface area contributed by atoms with Crippen molar-refractivity contribution in [2.45, 2.75) is 13.3 Å². The molecule has 1 N–H and O–H groups in total. The van der Waals surface area contributed by atoms with E-state index in [-0.39, 0.29) is 18.3 Å². The Kier molecular flexibility index (Phi) is 5.16. The van der Waals surface area contributed by atoms with Gasteiger partial charge in [-0.2, -0.15) is 0 Å². The first-order chi connectivity index (χ1) is 8.17. The Labute approximate surface area is 99.7 Å². The van der Waals surface area contributed by atoms with Gasteiger partial charge in [0.1, 0.15) is 5.75 Å². The van der Waals surface area contributed by atoms with Crippen molar-refractivity contribution in [1.29, 1.82) is 0 Å². The van der Waals surface area contributed by atoms with E-state index < -0.39 is 0 Å². The van der Waals surface area contributed by atoms with Gasteiger partial charge in [-0.1, -0.05) is 6.92 Å². The first kappa shape index (κ1) is 13.2. The van der Waals surface area contributed by atoms with E-state index in [4.69, 9.17) is 4.74 Å². The molecular weight excluding hydrogens is 222 g/mol. The predicted molar refractivity (Wildman–Crippen MR) is 61.7 cm³/mol. The molecule has 0 aliphatic carbocycles. The Bertz CT molecular complexity index is 386. The van der Waals surface area contributed by atoms with Crippen molar-refractivity contribution in [2.75, 3.05) is 13.7 Å². The van der Waals surface area contributed by atoms with Crippen LogP contribution >= 0.6 is 0 Å². The predicted octanol–water partition coefficient (Wildman–Crippen LogP) is 1.34. The average molecular weight is 237 g/mol. The van der Waals surface area contributed by atoms with Crippen molar-refractivity contribution < 1.29 is 19.2 Å². The molecule has 92 valence electrons. The van der Waals surface area contributed by atoms with Gasteiger partial charge in [-0.25, -0.2) is 5.48 Å². The monoisotopic (exact) mass is 237 g/mol. The van der Waals surface area contributed by atoms with Crippen LogP contribution in [0.2, 0.25) is 0 Å². The number of hydrogen-bond acceptors (Lipinski definition) is 4. The van der Waals surface area contributed by atoms with Gasteiger partial charge in [-0.3, -0.25) is 14.4 Å². The number of carbonyl (C=O) groups excluding carboxylic acids is 2. The highest BCUT2D eigenvalue weighted by Gasteiger charge is 2.04. The first-order valence-electron chi connectivity index (χ1n) is 5.25. The third-order valence-electron chi connectivity index (χ3n) is 2.08. The minimum Gasteiger partial charge on any atom is -0.484 e. The standard InChI is InChI=1S/C12H15NO4/c1-3-11(14)9-4-6-10(7-5-9)17-8-12(15)13-16-2/h4-7H,3,8H2,1-2H3,(H,13,15). The molecule has 0 aromatic heterocycles. The molecule has 0 heterocycles. The molecule has 0 atom stereocenters. The van der Waals surface area contributed by atoms with Crippen LogP contribution in [0.3, 0.4) is 0 Å². The fraction of sp³-hybridized carbons (Fsp3) is 0.333. The van der Waals surface area contributed by atoms with Crippen LogP contribution in [0.15, 0.2) is 24.3 Å². The fourth-order valence-corrected chi connectivity index (χ4v) is 1.23. The van der Waals surface area contributed by atoms with Gasteiger partial charge in [0, 0.05) is 12.0 Å². The SMILES string of the molecule is CCC(=O)c1ccc(OCC(=O)NOC)cc1. The van der Waals surface area contributed by atoms with Crippen LogP contribution in [0.1, 0.15) is 23.7 Å². The third kappa shape index (κ3) is 4.24. The van der Waals surface area contributed by atoms with E-state index in [0.717, 1.165) is 0 Å². The minimum absolute atomic E-state index is 0.0775. The molecule has 5 heteroatoms. The number of ketones is 1. The summed E-state index contributed by atoms with van der Waals surface area (Å²) in [6.45, 7) is 1.68. The molecule has 5 nitrogen and oxygen atoms in total. The van der Waals surface area contributed by atoms with Crippen molar-refractivity contribution >= 4 is 11.7 Å². The maximum absolute atomic E-state index is 11.4. The Balaban J connectivity index is 2.51. The van der Waals surface area contributed by atoms with Crippen LogP contribution in [0, 0.1) is 0 Å². The number of rotatable bonds is 6. The summed E-state index contributed by atoms with van der Waals surface area (Å²) in [6, 6.07) is 6.66. The van der Waals surface area contributed by atoms with Gasteiger partial charge < -0.3 is 4.74 Å². The van der Waals surface area contributed by atoms with Crippen molar-refractivity contribution in [3.63, 3.8) is 0 Å². The zero-order valence-corrected chi connectivity index (χ0v) is 9.86. The second-order valence-electron chi connectivity index (χ2n) is 3.32. The second kappa shape index (κ2) is 6.65. The van der Waals surface area contributed by atoms with E-state index in [1.165, 1.54) is 7.11 Å². The number of hydroxylamine groups is 1. The Morgan fingerprint density at radius 2 is 1.88 bits per heavy atom. The lowest BCUT2D eigenvalue weighted by atomic mass is 10.1. The maximum atomic E-state index is 11.4. The fourth-order valence-electron chi connectivity index (χ4n) is 1.23. The molecule has 0 fully saturated rings. The molecule has 0 bridgehead atoms. The molecule has 1 amide bonds. The average Bonchev–Trinajstić information content (AvgIpc) is 2.36. The zero-order chi connectivity index (χ0) is 12.7. The third-order valence-corrected chi connectivity index (χ3v) is 2.08. The van der Waals surface area contributed by atoms with E-state index in [1.807, 2.05) is 6.92 Å². The molecule has 0 aliphatic rings. The minimum atomic E-state index is -0.374. The smallest absolute Gasteiger partial charge is 0.281 e. The highest BCUT2D eigenvalue weighted by atomic mass is 16.6. The Hall–Kier alpha value is -1.88. The summed E-state index contributed by atoms with van der Waals surface area (Å²) in [5.74, 6) is 0.235. The van der Waals surface area contributed by atoms with Crippen LogP contribution in [-0.4, -0.2) is 25.4 Å². The maximum Gasteiger partial charge on any atom is 0.281 e. The molecule has 0 saturated carbocycles. The summed E-state index contributed by atoms with van der Waals surface area (Å²) in [4.78, 5) is 26.8. The lowest BCUT2D eigenvalue weighted by Crippen LogP contribution is -2.27. The molecule has 0 unspecified atom stereocenters.